The molecule has 1 heterocycles. The molecule has 1 N–H and O–H groups in total. The minimum Gasteiger partial charge on any atom is -0.493 e. The number of ether oxygens (including phenoxy) is 1. The zero-order valence-electron chi connectivity index (χ0n) is 11.7. The summed E-state index contributed by atoms with van der Waals surface area (Å²) in [7, 11) is 1.89. The monoisotopic (exact) mass is 271 g/mol. The van der Waals surface area contributed by atoms with Crippen molar-refractivity contribution < 1.29 is 9.13 Å². The average molecular weight is 271 g/mol. The summed E-state index contributed by atoms with van der Waals surface area (Å²) in [6.07, 6.45) is 0.946. The molecule has 0 spiro atoms. The van der Waals surface area contributed by atoms with E-state index < -0.39 is 0 Å². The number of nitrogens with one attached hydrogen (secondary N) is 1. The van der Waals surface area contributed by atoms with Crippen molar-refractivity contribution in [3.8, 4) is 5.75 Å². The van der Waals surface area contributed by atoms with Gasteiger partial charge >= 0.3 is 0 Å². The highest BCUT2D eigenvalue weighted by atomic mass is 19.1. The second kappa shape index (κ2) is 5.25. The smallest absolute Gasteiger partial charge is 0.127 e. The molecule has 2 aromatic carbocycles. The van der Waals surface area contributed by atoms with Crippen molar-refractivity contribution in [2.24, 2.45) is 0 Å². The molecule has 0 amide bonds. The first kappa shape index (κ1) is 13.1. The van der Waals surface area contributed by atoms with Crippen LogP contribution < -0.4 is 10.1 Å². The van der Waals surface area contributed by atoms with Crippen molar-refractivity contribution in [2.75, 3.05) is 13.7 Å². The molecule has 1 atom stereocenters. The lowest BCUT2D eigenvalue weighted by Gasteiger charge is -2.20. The Bertz CT molecular complexity index is 619. The summed E-state index contributed by atoms with van der Waals surface area (Å²) in [6, 6.07) is 11.3. The van der Waals surface area contributed by atoms with E-state index in [9.17, 15) is 4.39 Å². The van der Waals surface area contributed by atoms with E-state index in [0.29, 0.717) is 0 Å². The number of para-hydroxylation sites is 1. The highest BCUT2D eigenvalue weighted by molar-refractivity contribution is 5.49. The Hall–Kier alpha value is -1.87. The van der Waals surface area contributed by atoms with Crippen LogP contribution in [0.1, 0.15) is 28.3 Å². The molecule has 0 saturated heterocycles. The summed E-state index contributed by atoms with van der Waals surface area (Å²) in [5, 5.41) is 3.27. The minimum atomic E-state index is -0.200. The van der Waals surface area contributed by atoms with Crippen molar-refractivity contribution >= 4 is 0 Å². The quantitative estimate of drug-likeness (QED) is 0.924. The van der Waals surface area contributed by atoms with Gasteiger partial charge < -0.3 is 10.1 Å². The van der Waals surface area contributed by atoms with Crippen molar-refractivity contribution in [1.82, 2.24) is 5.32 Å². The number of halogens is 1. The summed E-state index contributed by atoms with van der Waals surface area (Å²) in [4.78, 5) is 0. The summed E-state index contributed by atoms with van der Waals surface area (Å²) >= 11 is 0. The zero-order valence-corrected chi connectivity index (χ0v) is 11.7. The van der Waals surface area contributed by atoms with E-state index >= 15 is 0 Å². The Morgan fingerprint density at radius 2 is 2.10 bits per heavy atom. The van der Waals surface area contributed by atoms with Crippen LogP contribution in [0.4, 0.5) is 4.39 Å². The molecule has 104 valence electrons. The molecule has 0 aromatic heterocycles. The first-order valence-corrected chi connectivity index (χ1v) is 6.88. The Labute approximate surface area is 118 Å². The third-order valence-corrected chi connectivity index (χ3v) is 3.74. The molecular formula is C17H18FNO. The largest absolute Gasteiger partial charge is 0.493 e. The molecule has 0 bridgehead atoms. The fraction of sp³-hybridized carbons (Fsp3) is 0.294. The van der Waals surface area contributed by atoms with Crippen LogP contribution in [0.3, 0.4) is 0 Å². The van der Waals surface area contributed by atoms with Gasteiger partial charge in [-0.1, -0.05) is 24.3 Å². The van der Waals surface area contributed by atoms with Gasteiger partial charge in [0, 0.05) is 12.0 Å². The maximum atomic E-state index is 13.7. The second-order valence-corrected chi connectivity index (χ2v) is 5.22. The van der Waals surface area contributed by atoms with Gasteiger partial charge in [-0.25, -0.2) is 4.39 Å². The highest BCUT2D eigenvalue weighted by Gasteiger charge is 2.22. The molecule has 0 radical (unpaired) electrons. The summed E-state index contributed by atoms with van der Waals surface area (Å²) in [5.74, 6) is 0.752. The van der Waals surface area contributed by atoms with E-state index in [-0.39, 0.29) is 11.9 Å². The maximum Gasteiger partial charge on any atom is 0.127 e. The number of benzene rings is 2. The van der Waals surface area contributed by atoms with Crippen LogP contribution in [0.5, 0.6) is 5.75 Å². The summed E-state index contributed by atoms with van der Waals surface area (Å²) in [6.45, 7) is 2.64. The topological polar surface area (TPSA) is 21.3 Å². The van der Waals surface area contributed by atoms with E-state index in [1.165, 1.54) is 5.56 Å². The lowest BCUT2D eigenvalue weighted by molar-refractivity contribution is 0.351. The molecule has 3 heteroatoms. The van der Waals surface area contributed by atoms with Crippen LogP contribution in [0.25, 0.3) is 0 Å². The molecule has 3 rings (SSSR count). The Morgan fingerprint density at radius 1 is 1.25 bits per heavy atom. The Kier molecular flexibility index (Phi) is 3.45. The predicted octanol–water partition coefficient (Wildman–Crippen LogP) is 3.38. The van der Waals surface area contributed by atoms with Gasteiger partial charge in [0.2, 0.25) is 0 Å². The molecule has 0 aliphatic carbocycles. The number of hydrogen-bond donors (Lipinski definition) is 1. The normalized spacial score (nSPS) is 14.8. The van der Waals surface area contributed by atoms with Gasteiger partial charge in [0.25, 0.3) is 0 Å². The van der Waals surface area contributed by atoms with Crippen LogP contribution in [-0.2, 0) is 6.42 Å². The van der Waals surface area contributed by atoms with Gasteiger partial charge in [0.05, 0.1) is 12.6 Å². The van der Waals surface area contributed by atoms with Gasteiger partial charge in [0.15, 0.2) is 0 Å². The molecule has 2 aromatic rings. The number of fused-ring (bicyclic) bond motifs is 1. The lowest BCUT2D eigenvalue weighted by Crippen LogP contribution is -2.18. The molecular weight excluding hydrogens is 253 g/mol. The zero-order chi connectivity index (χ0) is 14.1. The Morgan fingerprint density at radius 3 is 2.85 bits per heavy atom. The van der Waals surface area contributed by atoms with Crippen molar-refractivity contribution in [1.29, 1.82) is 0 Å². The standard InChI is InChI=1S/C17H18FNO/c1-11-8-13(10-14(18)9-11)16(19-2)15-5-3-4-12-6-7-20-17(12)15/h3-5,8-10,16,19H,6-7H2,1-2H3. The summed E-state index contributed by atoms with van der Waals surface area (Å²) in [5.41, 5.74) is 4.16. The van der Waals surface area contributed by atoms with Crippen LogP contribution in [-0.4, -0.2) is 13.7 Å². The van der Waals surface area contributed by atoms with Gasteiger partial charge in [-0.2, -0.15) is 0 Å². The molecule has 20 heavy (non-hydrogen) atoms. The molecule has 0 saturated carbocycles. The fourth-order valence-electron chi connectivity index (χ4n) is 2.90. The van der Waals surface area contributed by atoms with E-state index in [1.807, 2.05) is 32.2 Å². The SMILES string of the molecule is CNC(c1cc(C)cc(F)c1)c1cccc2c1OCC2. The van der Waals surface area contributed by atoms with Crippen LogP contribution in [0.15, 0.2) is 36.4 Å². The summed E-state index contributed by atoms with van der Waals surface area (Å²) < 4.78 is 19.4. The van der Waals surface area contributed by atoms with E-state index in [4.69, 9.17) is 4.74 Å². The van der Waals surface area contributed by atoms with Crippen molar-refractivity contribution in [3.05, 3.63) is 64.5 Å². The highest BCUT2D eigenvalue weighted by Crippen LogP contribution is 2.36. The second-order valence-electron chi connectivity index (χ2n) is 5.22. The van der Waals surface area contributed by atoms with Crippen molar-refractivity contribution in [2.45, 2.75) is 19.4 Å². The first-order chi connectivity index (χ1) is 9.69. The number of aryl methyl sites for hydroxylation is 1. The maximum absolute atomic E-state index is 13.7. The van der Waals surface area contributed by atoms with Crippen LogP contribution in [0.2, 0.25) is 0 Å². The lowest BCUT2D eigenvalue weighted by atomic mass is 9.95. The van der Waals surface area contributed by atoms with Gasteiger partial charge in [0.1, 0.15) is 11.6 Å². The molecule has 1 aliphatic rings. The fourth-order valence-corrected chi connectivity index (χ4v) is 2.90. The minimum absolute atomic E-state index is 0.0579. The third-order valence-electron chi connectivity index (χ3n) is 3.74. The van der Waals surface area contributed by atoms with Gasteiger partial charge in [-0.15, -0.1) is 0 Å². The Balaban J connectivity index is 2.08. The first-order valence-electron chi connectivity index (χ1n) is 6.88. The molecule has 0 fully saturated rings. The van der Waals surface area contributed by atoms with Crippen LogP contribution >= 0.6 is 0 Å². The van der Waals surface area contributed by atoms with Crippen LogP contribution in [0, 0.1) is 12.7 Å². The van der Waals surface area contributed by atoms with E-state index in [0.717, 1.165) is 35.5 Å². The molecule has 1 aliphatic heterocycles. The number of hydrogen-bond acceptors (Lipinski definition) is 2. The van der Waals surface area contributed by atoms with E-state index in [1.54, 1.807) is 12.1 Å². The third kappa shape index (κ3) is 2.29. The average Bonchev–Trinajstić information content (AvgIpc) is 2.87. The molecule has 1 unspecified atom stereocenters. The van der Waals surface area contributed by atoms with Gasteiger partial charge in [-0.3, -0.25) is 0 Å². The van der Waals surface area contributed by atoms with Crippen molar-refractivity contribution in [3.63, 3.8) is 0 Å². The number of rotatable bonds is 3. The molecule has 2 nitrogen and oxygen atoms in total. The predicted molar refractivity (Wildman–Crippen MR) is 77.7 cm³/mol. The van der Waals surface area contributed by atoms with Gasteiger partial charge in [-0.05, 0) is 42.8 Å². The van der Waals surface area contributed by atoms with E-state index in [2.05, 4.69) is 11.4 Å².